The monoisotopic (exact) mass is 659 g/mol. The zero-order valence-electron chi connectivity index (χ0n) is 27.2. The summed E-state index contributed by atoms with van der Waals surface area (Å²) in [5.41, 5.74) is 20.5. The number of aliphatic imine (C=N–C) groups is 1. The van der Waals surface area contributed by atoms with Crippen molar-refractivity contribution in [3.05, 3.63) is 72.1 Å². The minimum absolute atomic E-state index is 0.00704. The first-order chi connectivity index (χ1) is 22.9. The number of hydrogen-bond donors (Lipinski definition) is 9. The van der Waals surface area contributed by atoms with E-state index in [1.807, 2.05) is 68.6 Å². The molecule has 14 nitrogen and oxygen atoms in total. The molecule has 2 aromatic carbocycles. The van der Waals surface area contributed by atoms with Crippen molar-refractivity contribution in [3.8, 4) is 0 Å². The molecule has 256 valence electrons. The summed E-state index contributed by atoms with van der Waals surface area (Å²) in [6.45, 7) is 3.99. The second-order valence-corrected chi connectivity index (χ2v) is 12.3. The van der Waals surface area contributed by atoms with Crippen LogP contribution in [0, 0.1) is 5.92 Å². The molecule has 4 unspecified atom stereocenters. The third kappa shape index (κ3) is 9.58. The van der Waals surface area contributed by atoms with E-state index in [-0.39, 0.29) is 44.1 Å². The summed E-state index contributed by atoms with van der Waals surface area (Å²) in [6.07, 6.45) is 4.48. The predicted molar refractivity (Wildman–Crippen MR) is 185 cm³/mol. The molecular weight excluding hydrogens is 614 g/mol. The minimum Gasteiger partial charge on any atom is -0.480 e. The van der Waals surface area contributed by atoms with Gasteiger partial charge in [0.2, 0.25) is 17.7 Å². The number of para-hydroxylation sites is 2. The van der Waals surface area contributed by atoms with Gasteiger partial charge in [-0.2, -0.15) is 0 Å². The fraction of sp³-hybridized carbons (Fsp3) is 0.382. The highest BCUT2D eigenvalue weighted by molar-refractivity contribution is 5.95. The van der Waals surface area contributed by atoms with Crippen LogP contribution in [-0.4, -0.2) is 75.4 Å². The maximum Gasteiger partial charge on any atom is 0.326 e. The Morgan fingerprint density at radius 2 is 1.29 bits per heavy atom. The molecule has 0 radical (unpaired) electrons. The van der Waals surface area contributed by atoms with Gasteiger partial charge in [0.25, 0.3) is 0 Å². The highest BCUT2D eigenvalue weighted by Gasteiger charge is 2.31. The number of amides is 3. The molecule has 3 amide bonds. The summed E-state index contributed by atoms with van der Waals surface area (Å²) >= 11 is 0. The Morgan fingerprint density at radius 1 is 0.771 bits per heavy atom. The topological polar surface area (TPSA) is 247 Å². The number of carbonyl (C=O) groups excluding carboxylic acids is 3. The van der Waals surface area contributed by atoms with Crippen LogP contribution < -0.4 is 33.2 Å². The van der Waals surface area contributed by atoms with Crippen LogP contribution in [0.1, 0.15) is 44.2 Å². The molecule has 0 spiro atoms. The first kappa shape index (κ1) is 35.5. The highest BCUT2D eigenvalue weighted by atomic mass is 16.4. The number of benzene rings is 2. The Kier molecular flexibility index (Phi) is 12.2. The summed E-state index contributed by atoms with van der Waals surface area (Å²) in [7, 11) is 0. The van der Waals surface area contributed by atoms with E-state index >= 15 is 0 Å². The average Bonchev–Trinajstić information content (AvgIpc) is 3.65. The zero-order valence-corrected chi connectivity index (χ0v) is 27.2. The highest BCUT2D eigenvalue weighted by Crippen LogP contribution is 2.20. The average molecular weight is 660 g/mol. The van der Waals surface area contributed by atoms with Gasteiger partial charge in [-0.3, -0.25) is 19.4 Å². The van der Waals surface area contributed by atoms with Crippen LogP contribution in [0.25, 0.3) is 21.8 Å². The second-order valence-electron chi connectivity index (χ2n) is 12.3. The van der Waals surface area contributed by atoms with Gasteiger partial charge >= 0.3 is 5.97 Å². The number of H-pyrrole nitrogens is 2. The molecule has 0 aliphatic heterocycles. The van der Waals surface area contributed by atoms with Crippen LogP contribution in [0.2, 0.25) is 0 Å². The summed E-state index contributed by atoms with van der Waals surface area (Å²) in [4.78, 5) is 63.0. The Balaban J connectivity index is 1.47. The van der Waals surface area contributed by atoms with Crippen molar-refractivity contribution in [2.75, 3.05) is 6.54 Å². The van der Waals surface area contributed by atoms with E-state index in [1.165, 1.54) is 0 Å². The summed E-state index contributed by atoms with van der Waals surface area (Å²) in [5, 5.41) is 19.9. The van der Waals surface area contributed by atoms with E-state index in [0.717, 1.165) is 32.9 Å². The zero-order chi connectivity index (χ0) is 34.8. The molecular formula is C34H45N9O5. The second kappa shape index (κ2) is 16.5. The quantitative estimate of drug-likeness (QED) is 0.0454. The Hall–Kier alpha value is -5.37. The van der Waals surface area contributed by atoms with Crippen LogP contribution in [-0.2, 0) is 32.0 Å². The van der Waals surface area contributed by atoms with E-state index in [9.17, 15) is 24.3 Å². The number of fused-ring (bicyclic) bond motifs is 2. The normalized spacial score (nSPS) is 13.8. The number of aromatic nitrogens is 2. The molecule has 2 aromatic heterocycles. The van der Waals surface area contributed by atoms with Crippen molar-refractivity contribution < 1.29 is 24.3 Å². The number of hydrogen-bond acceptors (Lipinski definition) is 6. The van der Waals surface area contributed by atoms with Crippen molar-refractivity contribution in [2.24, 2.45) is 28.1 Å². The number of carbonyl (C=O) groups is 4. The van der Waals surface area contributed by atoms with Crippen LogP contribution in [0.4, 0.5) is 0 Å². The van der Waals surface area contributed by atoms with E-state index in [4.69, 9.17) is 17.2 Å². The van der Waals surface area contributed by atoms with Crippen molar-refractivity contribution in [2.45, 2.75) is 70.1 Å². The number of nitrogens with two attached hydrogens (primary N) is 3. The third-order valence-electron chi connectivity index (χ3n) is 8.08. The van der Waals surface area contributed by atoms with Crippen molar-refractivity contribution in [1.82, 2.24) is 25.9 Å². The van der Waals surface area contributed by atoms with Crippen LogP contribution in [0.3, 0.4) is 0 Å². The third-order valence-corrected chi connectivity index (χ3v) is 8.08. The summed E-state index contributed by atoms with van der Waals surface area (Å²) in [5.74, 6) is -3.14. The van der Waals surface area contributed by atoms with Gasteiger partial charge in [-0.1, -0.05) is 50.2 Å². The molecule has 0 saturated heterocycles. The number of nitrogens with one attached hydrogen (secondary N) is 5. The molecule has 2 heterocycles. The number of aromatic amines is 2. The van der Waals surface area contributed by atoms with Crippen molar-refractivity contribution in [1.29, 1.82) is 0 Å². The first-order valence-corrected chi connectivity index (χ1v) is 16.0. The Bertz CT molecular complexity index is 1760. The standard InChI is InChI=1S/C34H45N9O5/c1-19(2)14-28(42-30(44)24(35)15-20-17-39-25-10-5-3-8-22(20)25)32(46)41-27(12-7-13-38-34(36)37)31(45)43-29(33(47)48)16-21-18-40-26-11-6-4-9-23(21)26/h3-6,8-11,17-19,24,27-29,39-40H,7,12-16,35H2,1-2H3,(H,41,46)(H,42,44)(H,43,45)(H,47,48)(H4,36,37,38). The number of carboxylic acids is 1. The minimum atomic E-state index is -1.28. The molecule has 4 atom stereocenters. The summed E-state index contributed by atoms with van der Waals surface area (Å²) < 4.78 is 0. The lowest BCUT2D eigenvalue weighted by atomic mass is 10.00. The molecule has 12 N–H and O–H groups in total. The molecule has 0 aliphatic rings. The smallest absolute Gasteiger partial charge is 0.326 e. The van der Waals surface area contributed by atoms with Crippen LogP contribution in [0.5, 0.6) is 0 Å². The molecule has 0 aliphatic carbocycles. The maximum atomic E-state index is 13.7. The van der Waals surface area contributed by atoms with Crippen LogP contribution >= 0.6 is 0 Å². The SMILES string of the molecule is CC(C)CC(NC(=O)C(N)Cc1c[nH]c2ccccc12)C(=O)NC(CCCN=C(N)N)C(=O)NC(Cc1c[nH]c2ccccc12)C(=O)O. The number of aliphatic carboxylic acids is 1. The lowest BCUT2D eigenvalue weighted by Gasteiger charge is -2.26. The molecule has 48 heavy (non-hydrogen) atoms. The Labute approximate surface area is 278 Å². The van der Waals surface area contributed by atoms with E-state index in [0.29, 0.717) is 6.42 Å². The lowest BCUT2D eigenvalue weighted by Crippen LogP contribution is -2.57. The molecule has 14 heteroatoms. The van der Waals surface area contributed by atoms with E-state index in [2.05, 4.69) is 30.9 Å². The first-order valence-electron chi connectivity index (χ1n) is 16.0. The molecule has 0 bridgehead atoms. The van der Waals surface area contributed by atoms with Crippen LogP contribution in [0.15, 0.2) is 65.9 Å². The van der Waals surface area contributed by atoms with Gasteiger partial charge < -0.3 is 48.2 Å². The molecule has 0 saturated carbocycles. The largest absolute Gasteiger partial charge is 0.480 e. The van der Waals surface area contributed by atoms with E-state index in [1.54, 1.807) is 6.20 Å². The van der Waals surface area contributed by atoms with Gasteiger partial charge in [-0.25, -0.2) is 4.79 Å². The van der Waals surface area contributed by atoms with E-state index < -0.39 is 47.9 Å². The fourth-order valence-electron chi connectivity index (χ4n) is 5.65. The molecule has 4 aromatic rings. The van der Waals surface area contributed by atoms with Crippen molar-refractivity contribution in [3.63, 3.8) is 0 Å². The maximum absolute atomic E-state index is 13.7. The van der Waals surface area contributed by atoms with Gasteiger partial charge in [0.1, 0.15) is 18.1 Å². The lowest BCUT2D eigenvalue weighted by molar-refractivity contribution is -0.142. The summed E-state index contributed by atoms with van der Waals surface area (Å²) in [6, 6.07) is 10.8. The predicted octanol–water partition coefficient (Wildman–Crippen LogP) is 1.40. The Morgan fingerprint density at radius 3 is 1.85 bits per heavy atom. The van der Waals surface area contributed by atoms with Gasteiger partial charge in [0, 0.05) is 47.2 Å². The number of rotatable bonds is 17. The number of guanidine groups is 1. The van der Waals surface area contributed by atoms with Gasteiger partial charge in [-0.15, -0.1) is 0 Å². The fourth-order valence-corrected chi connectivity index (χ4v) is 5.65. The molecule has 4 rings (SSSR count). The molecule has 0 fully saturated rings. The van der Waals surface area contributed by atoms with Crippen molar-refractivity contribution >= 4 is 51.5 Å². The number of carboxylic acid groups (broad SMARTS) is 1. The number of nitrogens with zero attached hydrogens (tertiary/aromatic N) is 1. The van der Waals surface area contributed by atoms with Gasteiger partial charge in [-0.05, 0) is 54.9 Å². The van der Waals surface area contributed by atoms with Gasteiger partial charge in [0.05, 0.1) is 6.04 Å². The van der Waals surface area contributed by atoms with Gasteiger partial charge in [0.15, 0.2) is 5.96 Å².